The monoisotopic (exact) mass is 253 g/mol. The highest BCUT2D eigenvalue weighted by molar-refractivity contribution is 6.32. The van der Waals surface area contributed by atoms with Crippen LogP contribution >= 0.6 is 24.0 Å². The standard InChI is InChI=1S/C10H13ClFNO.ClH/c1-6-2-3-7(12)9(10(6)11)8(13)4-5-14;/h2-3,8,14H,4-5,13H2,1H3;1H/t8-;/m1./s1. The van der Waals surface area contributed by atoms with E-state index in [-0.39, 0.29) is 19.0 Å². The van der Waals surface area contributed by atoms with Crippen LogP contribution in [0.5, 0.6) is 0 Å². The molecule has 0 aliphatic rings. The van der Waals surface area contributed by atoms with Crippen LogP contribution in [-0.4, -0.2) is 11.7 Å². The molecule has 3 N–H and O–H groups in total. The highest BCUT2D eigenvalue weighted by atomic mass is 35.5. The zero-order valence-corrected chi connectivity index (χ0v) is 9.91. The summed E-state index contributed by atoms with van der Waals surface area (Å²) >= 11 is 5.93. The summed E-state index contributed by atoms with van der Waals surface area (Å²) in [6.07, 6.45) is 0.306. The van der Waals surface area contributed by atoms with Gasteiger partial charge in [-0.15, -0.1) is 12.4 Å². The number of nitrogens with two attached hydrogens (primary N) is 1. The van der Waals surface area contributed by atoms with Gasteiger partial charge < -0.3 is 10.8 Å². The number of halogens is 3. The Morgan fingerprint density at radius 1 is 1.53 bits per heavy atom. The predicted molar refractivity (Wildman–Crippen MR) is 62.0 cm³/mol. The van der Waals surface area contributed by atoms with Crippen molar-refractivity contribution in [2.45, 2.75) is 19.4 Å². The van der Waals surface area contributed by atoms with Gasteiger partial charge in [-0.05, 0) is 25.0 Å². The third kappa shape index (κ3) is 3.31. The van der Waals surface area contributed by atoms with Gasteiger partial charge in [-0.3, -0.25) is 0 Å². The normalized spacial score (nSPS) is 12.1. The molecular formula is C10H14Cl2FNO. The predicted octanol–water partition coefficient (Wildman–Crippen LogP) is 2.59. The smallest absolute Gasteiger partial charge is 0.129 e. The van der Waals surface area contributed by atoms with Crippen molar-refractivity contribution < 1.29 is 9.50 Å². The van der Waals surface area contributed by atoms with E-state index >= 15 is 0 Å². The first kappa shape index (κ1) is 14.6. The van der Waals surface area contributed by atoms with Crippen LogP contribution in [0, 0.1) is 12.7 Å². The molecule has 1 atom stereocenters. The summed E-state index contributed by atoms with van der Waals surface area (Å²) in [5, 5.41) is 9.06. The third-order valence-corrected chi connectivity index (χ3v) is 2.63. The first-order valence-corrected chi connectivity index (χ1v) is 4.76. The van der Waals surface area contributed by atoms with Gasteiger partial charge in [0.15, 0.2) is 0 Å². The van der Waals surface area contributed by atoms with Crippen molar-refractivity contribution >= 4 is 24.0 Å². The summed E-state index contributed by atoms with van der Waals surface area (Å²) < 4.78 is 13.4. The molecule has 0 aromatic heterocycles. The highest BCUT2D eigenvalue weighted by Gasteiger charge is 2.16. The van der Waals surface area contributed by atoms with Crippen LogP contribution in [0.4, 0.5) is 4.39 Å². The van der Waals surface area contributed by atoms with Gasteiger partial charge in [-0.25, -0.2) is 4.39 Å². The van der Waals surface area contributed by atoms with Crippen molar-refractivity contribution in [1.29, 1.82) is 0 Å². The third-order valence-electron chi connectivity index (χ3n) is 2.13. The van der Waals surface area contributed by atoms with Crippen molar-refractivity contribution in [2.75, 3.05) is 6.61 Å². The maximum atomic E-state index is 13.4. The molecule has 1 rings (SSSR count). The molecule has 5 heteroatoms. The quantitative estimate of drug-likeness (QED) is 0.870. The van der Waals surface area contributed by atoms with Crippen LogP contribution in [-0.2, 0) is 0 Å². The molecule has 0 spiro atoms. The molecule has 0 bridgehead atoms. The molecule has 0 aliphatic carbocycles. The van der Waals surface area contributed by atoms with E-state index in [4.69, 9.17) is 22.4 Å². The van der Waals surface area contributed by atoms with Crippen LogP contribution in [0.2, 0.25) is 5.02 Å². The molecule has 0 radical (unpaired) electrons. The molecule has 1 aromatic carbocycles. The zero-order valence-electron chi connectivity index (χ0n) is 8.34. The van der Waals surface area contributed by atoms with Crippen LogP contribution < -0.4 is 5.73 Å². The van der Waals surface area contributed by atoms with Gasteiger partial charge in [0.1, 0.15) is 5.82 Å². The van der Waals surface area contributed by atoms with Crippen LogP contribution in [0.3, 0.4) is 0 Å². The number of benzene rings is 1. The first-order valence-electron chi connectivity index (χ1n) is 4.39. The molecule has 1 aromatic rings. The molecule has 0 unspecified atom stereocenters. The zero-order chi connectivity index (χ0) is 10.7. The van der Waals surface area contributed by atoms with Crippen LogP contribution in [0.25, 0.3) is 0 Å². The van der Waals surface area contributed by atoms with Crippen molar-refractivity contribution in [2.24, 2.45) is 5.73 Å². The number of rotatable bonds is 3. The molecule has 0 amide bonds. The summed E-state index contributed by atoms with van der Waals surface area (Å²) in [4.78, 5) is 0. The van der Waals surface area contributed by atoms with Gasteiger partial charge in [0.05, 0.1) is 5.02 Å². The Balaban J connectivity index is 0.00000196. The summed E-state index contributed by atoms with van der Waals surface area (Å²) in [5.74, 6) is -0.415. The van der Waals surface area contributed by atoms with E-state index in [2.05, 4.69) is 0 Å². The second-order valence-corrected chi connectivity index (χ2v) is 3.59. The molecule has 0 saturated heterocycles. The number of aryl methyl sites for hydroxylation is 1. The average Bonchev–Trinajstić information content (AvgIpc) is 2.13. The average molecular weight is 254 g/mol. The second kappa shape index (κ2) is 6.28. The maximum Gasteiger partial charge on any atom is 0.129 e. The number of hydrogen-bond donors (Lipinski definition) is 2. The fourth-order valence-electron chi connectivity index (χ4n) is 1.30. The summed E-state index contributed by atoms with van der Waals surface area (Å²) in [6, 6.07) is 2.40. The topological polar surface area (TPSA) is 46.2 Å². The van der Waals surface area contributed by atoms with E-state index in [9.17, 15) is 4.39 Å². The van der Waals surface area contributed by atoms with Crippen molar-refractivity contribution in [1.82, 2.24) is 0 Å². The molecule has 0 saturated carbocycles. The summed E-state index contributed by atoms with van der Waals surface area (Å²) in [5.41, 5.74) is 6.77. The number of aliphatic hydroxyl groups excluding tert-OH is 1. The Bertz CT molecular complexity index is 333. The minimum absolute atomic E-state index is 0. The Morgan fingerprint density at radius 3 is 2.67 bits per heavy atom. The van der Waals surface area contributed by atoms with E-state index in [0.29, 0.717) is 17.0 Å². The summed E-state index contributed by atoms with van der Waals surface area (Å²) in [6.45, 7) is 1.71. The molecule has 0 heterocycles. The molecule has 0 aliphatic heterocycles. The van der Waals surface area contributed by atoms with Gasteiger partial charge in [0.25, 0.3) is 0 Å². The van der Waals surface area contributed by atoms with E-state index in [1.807, 2.05) is 0 Å². The lowest BCUT2D eigenvalue weighted by atomic mass is 10.0. The number of hydrogen-bond acceptors (Lipinski definition) is 2. The van der Waals surface area contributed by atoms with Gasteiger partial charge >= 0.3 is 0 Å². The minimum Gasteiger partial charge on any atom is -0.396 e. The Kier molecular flexibility index (Phi) is 6.13. The Labute approximate surface area is 99.6 Å². The van der Waals surface area contributed by atoms with Crippen LogP contribution in [0.1, 0.15) is 23.6 Å². The minimum atomic E-state index is -0.549. The Hall–Kier alpha value is -0.350. The lowest BCUT2D eigenvalue weighted by Gasteiger charge is -2.14. The molecule has 15 heavy (non-hydrogen) atoms. The molecular weight excluding hydrogens is 240 g/mol. The van der Waals surface area contributed by atoms with Gasteiger partial charge in [0.2, 0.25) is 0 Å². The van der Waals surface area contributed by atoms with Gasteiger partial charge in [-0.2, -0.15) is 0 Å². The fraction of sp³-hybridized carbons (Fsp3) is 0.400. The van der Waals surface area contributed by atoms with Crippen molar-refractivity contribution in [3.63, 3.8) is 0 Å². The van der Waals surface area contributed by atoms with Gasteiger partial charge in [-0.1, -0.05) is 17.7 Å². The first-order chi connectivity index (χ1) is 6.57. The van der Waals surface area contributed by atoms with E-state index in [0.717, 1.165) is 5.56 Å². The SMILES string of the molecule is Cc1ccc(F)c([C@H](N)CCO)c1Cl.Cl. The lowest BCUT2D eigenvalue weighted by molar-refractivity contribution is 0.275. The van der Waals surface area contributed by atoms with E-state index in [1.165, 1.54) is 6.07 Å². The highest BCUT2D eigenvalue weighted by Crippen LogP contribution is 2.29. The van der Waals surface area contributed by atoms with E-state index in [1.54, 1.807) is 13.0 Å². The molecule has 86 valence electrons. The Morgan fingerprint density at radius 2 is 2.13 bits per heavy atom. The fourth-order valence-corrected chi connectivity index (χ4v) is 1.60. The van der Waals surface area contributed by atoms with Crippen LogP contribution in [0.15, 0.2) is 12.1 Å². The van der Waals surface area contributed by atoms with E-state index < -0.39 is 11.9 Å². The second-order valence-electron chi connectivity index (χ2n) is 3.21. The number of aliphatic hydroxyl groups is 1. The molecule has 0 fully saturated rings. The van der Waals surface area contributed by atoms with Crippen molar-refractivity contribution in [3.8, 4) is 0 Å². The molecule has 2 nitrogen and oxygen atoms in total. The lowest BCUT2D eigenvalue weighted by Crippen LogP contribution is -2.14. The summed E-state index contributed by atoms with van der Waals surface area (Å²) in [7, 11) is 0. The largest absolute Gasteiger partial charge is 0.396 e. The maximum absolute atomic E-state index is 13.4. The van der Waals surface area contributed by atoms with Gasteiger partial charge in [0, 0.05) is 18.2 Å². The van der Waals surface area contributed by atoms with Crippen molar-refractivity contribution in [3.05, 3.63) is 34.1 Å².